The molecule has 19 heavy (non-hydrogen) atoms. The summed E-state index contributed by atoms with van der Waals surface area (Å²) in [5.41, 5.74) is 2.68. The van der Waals surface area contributed by atoms with E-state index < -0.39 is 0 Å². The van der Waals surface area contributed by atoms with Gasteiger partial charge in [0.25, 0.3) is 0 Å². The molecular formula is C14H16N4S. The van der Waals surface area contributed by atoms with E-state index in [1.807, 2.05) is 36.0 Å². The lowest BCUT2D eigenvalue weighted by molar-refractivity contribution is 0.720. The lowest BCUT2D eigenvalue weighted by atomic mass is 10.2. The second-order valence-electron chi connectivity index (χ2n) is 4.02. The van der Waals surface area contributed by atoms with Crippen LogP contribution in [-0.4, -0.2) is 15.5 Å². The zero-order valence-electron chi connectivity index (χ0n) is 11.1. The highest BCUT2D eigenvalue weighted by Gasteiger charge is 2.08. The van der Waals surface area contributed by atoms with Gasteiger partial charge in [0, 0.05) is 18.1 Å². The highest BCUT2D eigenvalue weighted by Crippen LogP contribution is 2.28. The number of nitrogens with zero attached hydrogens (tertiary/aromatic N) is 3. The molecule has 0 fully saturated rings. The summed E-state index contributed by atoms with van der Waals surface area (Å²) >= 11 is 1.69. The van der Waals surface area contributed by atoms with E-state index in [1.165, 1.54) is 0 Å². The van der Waals surface area contributed by atoms with Crippen molar-refractivity contribution < 1.29 is 0 Å². The van der Waals surface area contributed by atoms with Crippen molar-refractivity contribution in [3.63, 3.8) is 0 Å². The summed E-state index contributed by atoms with van der Waals surface area (Å²) in [6.45, 7) is 2.74. The first-order valence-corrected chi connectivity index (χ1v) is 7.11. The van der Waals surface area contributed by atoms with Crippen LogP contribution in [0, 0.1) is 11.3 Å². The summed E-state index contributed by atoms with van der Waals surface area (Å²) in [6, 6.07) is 10.2. The zero-order valence-corrected chi connectivity index (χ0v) is 11.9. The molecule has 4 nitrogen and oxygen atoms in total. The zero-order chi connectivity index (χ0) is 13.7. The fourth-order valence-electron chi connectivity index (χ4n) is 1.83. The van der Waals surface area contributed by atoms with Gasteiger partial charge in [-0.1, -0.05) is 13.0 Å². The van der Waals surface area contributed by atoms with E-state index in [4.69, 9.17) is 0 Å². The van der Waals surface area contributed by atoms with Gasteiger partial charge in [-0.25, -0.2) is 0 Å². The number of aromatic nitrogens is 2. The minimum Gasteiger partial charge on any atom is -0.378 e. The van der Waals surface area contributed by atoms with E-state index in [2.05, 4.69) is 23.4 Å². The number of thioether (sulfide) groups is 1. The van der Waals surface area contributed by atoms with Gasteiger partial charge >= 0.3 is 0 Å². The molecule has 0 bridgehead atoms. The van der Waals surface area contributed by atoms with E-state index in [-0.39, 0.29) is 0 Å². The average Bonchev–Trinajstić information content (AvgIpc) is 2.82. The van der Waals surface area contributed by atoms with Gasteiger partial charge in [0.15, 0.2) is 0 Å². The Labute approximate surface area is 117 Å². The third-order valence-corrected chi connectivity index (χ3v) is 3.76. The van der Waals surface area contributed by atoms with Crippen molar-refractivity contribution in [1.82, 2.24) is 9.78 Å². The SMILES string of the molecule is CCSc1cccc(NCc2ccnn2C)c1C#N. The fourth-order valence-corrected chi connectivity index (χ4v) is 2.62. The molecule has 1 aromatic heterocycles. The summed E-state index contributed by atoms with van der Waals surface area (Å²) in [5, 5.41) is 16.8. The van der Waals surface area contributed by atoms with Crippen LogP contribution in [0.1, 0.15) is 18.2 Å². The van der Waals surface area contributed by atoms with E-state index in [9.17, 15) is 5.26 Å². The topological polar surface area (TPSA) is 53.6 Å². The summed E-state index contributed by atoms with van der Waals surface area (Å²) in [4.78, 5) is 1.03. The molecular weight excluding hydrogens is 256 g/mol. The number of nitriles is 1. The number of aryl methyl sites for hydroxylation is 1. The Kier molecular flexibility index (Phi) is 4.48. The molecule has 1 N–H and O–H groups in total. The summed E-state index contributed by atoms with van der Waals surface area (Å²) in [5.74, 6) is 0.958. The Hall–Kier alpha value is -1.93. The van der Waals surface area contributed by atoms with Gasteiger partial charge in [0.2, 0.25) is 0 Å². The van der Waals surface area contributed by atoms with E-state index in [1.54, 1.807) is 18.0 Å². The van der Waals surface area contributed by atoms with Gasteiger partial charge in [-0.3, -0.25) is 4.68 Å². The molecule has 0 atom stereocenters. The Balaban J connectivity index is 2.18. The first-order chi connectivity index (χ1) is 9.26. The molecule has 2 aromatic rings. The molecule has 1 heterocycles. The maximum Gasteiger partial charge on any atom is 0.102 e. The number of hydrogen-bond acceptors (Lipinski definition) is 4. The molecule has 5 heteroatoms. The van der Waals surface area contributed by atoms with Gasteiger partial charge in [-0.15, -0.1) is 11.8 Å². The van der Waals surface area contributed by atoms with Crippen LogP contribution in [0.25, 0.3) is 0 Å². The Morgan fingerprint density at radius 3 is 2.89 bits per heavy atom. The molecule has 0 unspecified atom stereocenters. The third kappa shape index (κ3) is 3.09. The van der Waals surface area contributed by atoms with Crippen LogP contribution in [-0.2, 0) is 13.6 Å². The van der Waals surface area contributed by atoms with Gasteiger partial charge in [-0.05, 0) is 24.0 Å². The van der Waals surface area contributed by atoms with Crippen LogP contribution in [0.2, 0.25) is 0 Å². The molecule has 1 aromatic carbocycles. The number of hydrogen-bond donors (Lipinski definition) is 1. The quantitative estimate of drug-likeness (QED) is 0.850. The minimum atomic E-state index is 0.658. The van der Waals surface area contributed by atoms with Gasteiger partial charge < -0.3 is 5.32 Å². The Morgan fingerprint density at radius 1 is 1.42 bits per heavy atom. The molecule has 98 valence electrons. The maximum atomic E-state index is 9.32. The lowest BCUT2D eigenvalue weighted by Crippen LogP contribution is -2.06. The molecule has 0 aliphatic rings. The van der Waals surface area contributed by atoms with Crippen LogP contribution in [0.15, 0.2) is 35.4 Å². The average molecular weight is 272 g/mol. The van der Waals surface area contributed by atoms with E-state index in [0.717, 1.165) is 27.6 Å². The second kappa shape index (κ2) is 6.30. The summed E-state index contributed by atoms with van der Waals surface area (Å²) in [7, 11) is 1.91. The molecule has 0 aliphatic heterocycles. The molecule has 0 radical (unpaired) electrons. The van der Waals surface area contributed by atoms with Crippen molar-refractivity contribution in [3.8, 4) is 6.07 Å². The van der Waals surface area contributed by atoms with Gasteiger partial charge in [-0.2, -0.15) is 10.4 Å². The van der Waals surface area contributed by atoms with Crippen LogP contribution in [0.4, 0.5) is 5.69 Å². The van der Waals surface area contributed by atoms with E-state index >= 15 is 0 Å². The largest absolute Gasteiger partial charge is 0.378 e. The van der Waals surface area contributed by atoms with Crippen molar-refractivity contribution in [2.75, 3.05) is 11.1 Å². The van der Waals surface area contributed by atoms with Crippen LogP contribution in [0.5, 0.6) is 0 Å². The maximum absolute atomic E-state index is 9.32. The van der Waals surface area contributed by atoms with Crippen molar-refractivity contribution in [1.29, 1.82) is 5.26 Å². The van der Waals surface area contributed by atoms with Gasteiger partial charge in [0.1, 0.15) is 6.07 Å². The predicted molar refractivity (Wildman–Crippen MR) is 78.1 cm³/mol. The first-order valence-electron chi connectivity index (χ1n) is 6.13. The molecule has 0 amide bonds. The Morgan fingerprint density at radius 2 is 2.26 bits per heavy atom. The van der Waals surface area contributed by atoms with E-state index in [0.29, 0.717) is 6.54 Å². The molecule has 2 rings (SSSR count). The number of nitrogens with one attached hydrogen (secondary N) is 1. The normalized spacial score (nSPS) is 10.2. The van der Waals surface area contributed by atoms with Crippen molar-refractivity contribution in [2.45, 2.75) is 18.4 Å². The third-order valence-electron chi connectivity index (χ3n) is 2.82. The standard InChI is InChI=1S/C14H16N4S/c1-3-19-14-6-4-5-13(12(14)9-15)16-10-11-7-8-17-18(11)2/h4-8,16H,3,10H2,1-2H3. The second-order valence-corrected chi connectivity index (χ2v) is 5.33. The smallest absolute Gasteiger partial charge is 0.102 e. The highest BCUT2D eigenvalue weighted by atomic mass is 32.2. The predicted octanol–water partition coefficient (Wildman–Crippen LogP) is 3.02. The first kappa shape index (κ1) is 13.5. The summed E-state index contributed by atoms with van der Waals surface area (Å²) < 4.78 is 1.82. The number of anilines is 1. The van der Waals surface area contributed by atoms with Crippen LogP contribution < -0.4 is 5.32 Å². The fraction of sp³-hybridized carbons (Fsp3) is 0.286. The monoisotopic (exact) mass is 272 g/mol. The Bertz CT molecular complexity index is 598. The van der Waals surface area contributed by atoms with Crippen LogP contribution >= 0.6 is 11.8 Å². The number of rotatable bonds is 5. The van der Waals surface area contributed by atoms with Crippen molar-refractivity contribution in [2.24, 2.45) is 7.05 Å². The highest BCUT2D eigenvalue weighted by molar-refractivity contribution is 7.99. The van der Waals surface area contributed by atoms with Crippen LogP contribution in [0.3, 0.4) is 0 Å². The minimum absolute atomic E-state index is 0.658. The molecule has 0 saturated carbocycles. The molecule has 0 spiro atoms. The van der Waals surface area contributed by atoms with Crippen molar-refractivity contribution in [3.05, 3.63) is 41.7 Å². The number of benzene rings is 1. The molecule has 0 aliphatic carbocycles. The van der Waals surface area contributed by atoms with Gasteiger partial charge in [0.05, 0.1) is 23.5 Å². The summed E-state index contributed by atoms with van der Waals surface area (Å²) in [6.07, 6.45) is 1.77. The molecule has 0 saturated heterocycles. The lowest BCUT2D eigenvalue weighted by Gasteiger charge is -2.11. The van der Waals surface area contributed by atoms with Crippen molar-refractivity contribution >= 4 is 17.4 Å².